The van der Waals surface area contributed by atoms with Gasteiger partial charge in [0.15, 0.2) is 0 Å². The Hall–Kier alpha value is -0.160. The molecule has 0 aromatic rings. The molecule has 50 valence electrons. The van der Waals surface area contributed by atoms with E-state index in [1.54, 1.807) is 0 Å². The molecule has 0 rings (SSSR count). The van der Waals surface area contributed by atoms with Crippen LogP contribution in [0.3, 0.4) is 0 Å². The highest BCUT2D eigenvalue weighted by molar-refractivity contribution is 4.44. The zero-order valence-corrected chi connectivity index (χ0v) is 4.92. The molecule has 0 fully saturated rings. The molecule has 0 atom stereocenters. The highest BCUT2D eigenvalue weighted by Gasteiger charge is 2.23. The Bertz CT molecular complexity index is 50.8. The van der Waals surface area contributed by atoms with Gasteiger partial charge in [-0.2, -0.15) is 0 Å². The van der Waals surface area contributed by atoms with E-state index in [2.05, 4.69) is 9.47 Å². The zero-order chi connectivity index (χ0) is 6.62. The molecule has 4 nitrogen and oxygen atoms in total. The molecule has 0 aliphatic carbocycles. The first kappa shape index (κ1) is 7.84. The summed E-state index contributed by atoms with van der Waals surface area (Å²) >= 11 is 0. The molecule has 0 aliphatic heterocycles. The maximum absolute atomic E-state index is 8.74. The van der Waals surface area contributed by atoms with E-state index in [0.717, 1.165) is 0 Å². The predicted octanol–water partition coefficient (Wildman–Crippen LogP) is -1.08. The van der Waals surface area contributed by atoms with Crippen LogP contribution < -0.4 is 0 Å². The summed E-state index contributed by atoms with van der Waals surface area (Å²) in [4.78, 5) is 0. The Balaban J connectivity index is 3.58. The number of methoxy groups -OCH3 is 2. The van der Waals surface area contributed by atoms with Crippen LogP contribution >= 0.6 is 0 Å². The molecule has 2 N–H and O–H groups in total. The van der Waals surface area contributed by atoms with Crippen molar-refractivity contribution < 1.29 is 19.7 Å². The second kappa shape index (κ2) is 2.99. The van der Waals surface area contributed by atoms with Crippen LogP contribution in [-0.2, 0) is 9.47 Å². The lowest BCUT2D eigenvalue weighted by Crippen LogP contribution is -2.37. The molecule has 4 heteroatoms. The van der Waals surface area contributed by atoms with Gasteiger partial charge < -0.3 is 19.7 Å². The highest BCUT2D eigenvalue weighted by atomic mass is 16.8. The van der Waals surface area contributed by atoms with Gasteiger partial charge >= 0.3 is 5.97 Å². The van der Waals surface area contributed by atoms with Gasteiger partial charge in [0.2, 0.25) is 0 Å². The van der Waals surface area contributed by atoms with Crippen LogP contribution in [0.5, 0.6) is 0 Å². The Kier molecular flexibility index (Phi) is 2.93. The third-order valence-corrected chi connectivity index (χ3v) is 0.838. The van der Waals surface area contributed by atoms with Crippen molar-refractivity contribution in [2.45, 2.75) is 5.97 Å². The lowest BCUT2D eigenvalue weighted by molar-refractivity contribution is -0.352. The van der Waals surface area contributed by atoms with E-state index in [4.69, 9.17) is 10.2 Å². The number of aliphatic hydroxyl groups excluding tert-OH is 1. The molecule has 0 heterocycles. The van der Waals surface area contributed by atoms with Crippen molar-refractivity contribution in [3.05, 3.63) is 0 Å². The van der Waals surface area contributed by atoms with Crippen LogP contribution in [-0.4, -0.2) is 37.0 Å². The molecule has 0 aliphatic rings. The minimum atomic E-state index is -1.82. The summed E-state index contributed by atoms with van der Waals surface area (Å²) in [6.07, 6.45) is 0. The zero-order valence-electron chi connectivity index (χ0n) is 4.92. The summed E-state index contributed by atoms with van der Waals surface area (Å²) in [5.74, 6) is -1.82. The number of ether oxygens (including phenoxy) is 2. The molecule has 0 bridgehead atoms. The number of rotatable bonds is 3. The van der Waals surface area contributed by atoms with Gasteiger partial charge in [0, 0.05) is 14.2 Å². The SMILES string of the molecule is COC(O)(CO)OC. The average molecular weight is 122 g/mol. The van der Waals surface area contributed by atoms with Crippen LogP contribution in [0, 0.1) is 0 Å². The Morgan fingerprint density at radius 1 is 1.38 bits per heavy atom. The summed E-state index contributed by atoms with van der Waals surface area (Å²) in [7, 11) is 2.47. The Labute approximate surface area is 47.6 Å². The molecule has 0 unspecified atom stereocenters. The topological polar surface area (TPSA) is 58.9 Å². The van der Waals surface area contributed by atoms with Gasteiger partial charge in [0.05, 0.1) is 0 Å². The van der Waals surface area contributed by atoms with E-state index in [9.17, 15) is 0 Å². The van der Waals surface area contributed by atoms with Crippen molar-refractivity contribution in [1.29, 1.82) is 0 Å². The molecule has 0 spiro atoms. The number of aliphatic hydroxyl groups is 2. The summed E-state index contributed by atoms with van der Waals surface area (Å²) in [5.41, 5.74) is 0. The quantitative estimate of drug-likeness (QED) is 0.467. The molecule has 8 heavy (non-hydrogen) atoms. The lowest BCUT2D eigenvalue weighted by atomic mass is 10.6. The van der Waals surface area contributed by atoms with Gasteiger partial charge in [-0.3, -0.25) is 0 Å². The molecule has 0 saturated carbocycles. The van der Waals surface area contributed by atoms with E-state index < -0.39 is 12.6 Å². The normalized spacial score (nSPS) is 12.0. The van der Waals surface area contributed by atoms with Gasteiger partial charge in [-0.1, -0.05) is 0 Å². The van der Waals surface area contributed by atoms with Crippen LogP contribution in [0.25, 0.3) is 0 Å². The Morgan fingerprint density at radius 3 is 1.75 bits per heavy atom. The van der Waals surface area contributed by atoms with E-state index in [0.29, 0.717) is 0 Å². The van der Waals surface area contributed by atoms with Gasteiger partial charge in [-0.05, 0) is 0 Å². The van der Waals surface area contributed by atoms with Crippen molar-refractivity contribution in [3.63, 3.8) is 0 Å². The minimum absolute atomic E-state index is 0.569. The monoisotopic (exact) mass is 122 g/mol. The van der Waals surface area contributed by atoms with Crippen molar-refractivity contribution >= 4 is 0 Å². The fourth-order valence-electron chi connectivity index (χ4n) is 0.212. The first-order valence-corrected chi connectivity index (χ1v) is 2.12. The fourth-order valence-corrected chi connectivity index (χ4v) is 0.212. The maximum Gasteiger partial charge on any atom is 0.304 e. The van der Waals surface area contributed by atoms with Crippen molar-refractivity contribution in [3.8, 4) is 0 Å². The molecule has 0 saturated heterocycles. The third-order valence-electron chi connectivity index (χ3n) is 0.838. The van der Waals surface area contributed by atoms with E-state index in [-0.39, 0.29) is 0 Å². The maximum atomic E-state index is 8.74. The standard InChI is InChI=1S/C4H10O4/c1-7-4(6,3-5)8-2/h5-6H,3H2,1-2H3. The number of hydrogen-bond acceptors (Lipinski definition) is 4. The molecule has 0 aromatic carbocycles. The van der Waals surface area contributed by atoms with Gasteiger partial charge in [-0.25, -0.2) is 0 Å². The van der Waals surface area contributed by atoms with Crippen LogP contribution in [0.15, 0.2) is 0 Å². The van der Waals surface area contributed by atoms with Crippen LogP contribution in [0.1, 0.15) is 0 Å². The molecular weight excluding hydrogens is 112 g/mol. The van der Waals surface area contributed by atoms with E-state index >= 15 is 0 Å². The Morgan fingerprint density at radius 2 is 1.75 bits per heavy atom. The predicted molar refractivity (Wildman–Crippen MR) is 26.1 cm³/mol. The summed E-state index contributed by atoms with van der Waals surface area (Å²) in [6.45, 7) is -0.569. The van der Waals surface area contributed by atoms with E-state index in [1.807, 2.05) is 0 Å². The van der Waals surface area contributed by atoms with Crippen LogP contribution in [0.2, 0.25) is 0 Å². The van der Waals surface area contributed by atoms with Gasteiger partial charge in [0.1, 0.15) is 6.61 Å². The second-order valence-corrected chi connectivity index (χ2v) is 1.28. The van der Waals surface area contributed by atoms with Crippen molar-refractivity contribution in [1.82, 2.24) is 0 Å². The molecular formula is C4H10O4. The van der Waals surface area contributed by atoms with Crippen molar-refractivity contribution in [2.75, 3.05) is 20.8 Å². The molecule has 0 radical (unpaired) electrons. The highest BCUT2D eigenvalue weighted by Crippen LogP contribution is 2.02. The average Bonchev–Trinajstić information content (AvgIpc) is 1.87. The van der Waals surface area contributed by atoms with E-state index in [1.165, 1.54) is 14.2 Å². The lowest BCUT2D eigenvalue weighted by Gasteiger charge is -2.20. The van der Waals surface area contributed by atoms with Gasteiger partial charge in [0.25, 0.3) is 0 Å². The van der Waals surface area contributed by atoms with Gasteiger partial charge in [-0.15, -0.1) is 0 Å². The number of hydrogen-bond donors (Lipinski definition) is 2. The largest absolute Gasteiger partial charge is 0.388 e. The first-order chi connectivity index (χ1) is 3.68. The molecule has 0 amide bonds. The minimum Gasteiger partial charge on any atom is -0.388 e. The molecule has 0 aromatic heterocycles. The second-order valence-electron chi connectivity index (χ2n) is 1.28. The first-order valence-electron chi connectivity index (χ1n) is 2.12. The summed E-state index contributed by atoms with van der Waals surface area (Å²) in [6, 6.07) is 0. The van der Waals surface area contributed by atoms with Crippen LogP contribution in [0.4, 0.5) is 0 Å². The summed E-state index contributed by atoms with van der Waals surface area (Å²) < 4.78 is 8.64. The van der Waals surface area contributed by atoms with Crippen molar-refractivity contribution in [2.24, 2.45) is 0 Å². The summed E-state index contributed by atoms with van der Waals surface area (Å²) in [5, 5.41) is 17.0. The smallest absolute Gasteiger partial charge is 0.304 e. The fraction of sp³-hybridized carbons (Fsp3) is 1.00. The third kappa shape index (κ3) is 1.75.